The van der Waals surface area contributed by atoms with Crippen molar-refractivity contribution in [3.05, 3.63) is 41.1 Å². The summed E-state index contributed by atoms with van der Waals surface area (Å²) in [6.07, 6.45) is 2.93. The second-order valence-electron chi connectivity index (χ2n) is 7.50. The summed E-state index contributed by atoms with van der Waals surface area (Å²) in [5.41, 5.74) is 0.871. The van der Waals surface area contributed by atoms with Crippen LogP contribution in [0.5, 0.6) is 0 Å². The molecule has 1 fully saturated rings. The highest BCUT2D eigenvalue weighted by Crippen LogP contribution is 2.28. The summed E-state index contributed by atoms with van der Waals surface area (Å²) in [4.78, 5) is 15.0. The van der Waals surface area contributed by atoms with Gasteiger partial charge in [-0.15, -0.1) is 0 Å². The summed E-state index contributed by atoms with van der Waals surface area (Å²) in [6, 6.07) is 9.21. The van der Waals surface area contributed by atoms with E-state index < -0.39 is 0 Å². The summed E-state index contributed by atoms with van der Waals surface area (Å²) in [5.74, 6) is 1.17. The van der Waals surface area contributed by atoms with Crippen LogP contribution in [0.4, 0.5) is 11.5 Å². The van der Waals surface area contributed by atoms with Gasteiger partial charge in [-0.1, -0.05) is 37.5 Å². The van der Waals surface area contributed by atoms with Crippen LogP contribution < -0.4 is 10.2 Å². The molecule has 1 atom stereocenters. The van der Waals surface area contributed by atoms with Gasteiger partial charge < -0.3 is 14.7 Å². The Morgan fingerprint density at radius 1 is 1.28 bits per heavy atom. The molecule has 0 radical (unpaired) electrons. The quantitative estimate of drug-likeness (QED) is 0.866. The van der Waals surface area contributed by atoms with Gasteiger partial charge >= 0.3 is 0 Å². The molecule has 1 amide bonds. The van der Waals surface area contributed by atoms with Crippen molar-refractivity contribution in [2.45, 2.75) is 51.5 Å². The van der Waals surface area contributed by atoms with Crippen LogP contribution in [-0.2, 0) is 10.2 Å². The van der Waals surface area contributed by atoms with E-state index in [0.717, 1.165) is 37.3 Å². The fourth-order valence-electron chi connectivity index (χ4n) is 3.04. The minimum Gasteiger partial charge on any atom is -0.360 e. The fraction of sp³-hybridized carbons (Fsp3) is 0.474. The van der Waals surface area contributed by atoms with Gasteiger partial charge in [-0.3, -0.25) is 4.79 Å². The van der Waals surface area contributed by atoms with Gasteiger partial charge in [0.05, 0.1) is 0 Å². The van der Waals surface area contributed by atoms with Gasteiger partial charge in [-0.2, -0.15) is 0 Å². The number of hydrogen-bond donors (Lipinski definition) is 1. The van der Waals surface area contributed by atoms with E-state index in [1.165, 1.54) is 0 Å². The molecule has 6 heteroatoms. The monoisotopic (exact) mass is 361 g/mol. The predicted octanol–water partition coefficient (Wildman–Crippen LogP) is 4.62. The zero-order valence-corrected chi connectivity index (χ0v) is 15.6. The number of anilines is 2. The number of nitrogens with zero attached hydrogens (tertiary/aromatic N) is 2. The molecule has 25 heavy (non-hydrogen) atoms. The highest BCUT2D eigenvalue weighted by atomic mass is 35.5. The summed E-state index contributed by atoms with van der Waals surface area (Å²) >= 11 is 5.98. The van der Waals surface area contributed by atoms with Crippen LogP contribution in [-0.4, -0.2) is 23.7 Å². The molecule has 3 rings (SSSR count). The lowest BCUT2D eigenvalue weighted by atomic mass is 9.93. The zero-order chi connectivity index (χ0) is 18.0. The summed E-state index contributed by atoms with van der Waals surface area (Å²) in [5, 5.41) is 7.58. The van der Waals surface area contributed by atoms with E-state index in [2.05, 4.69) is 15.4 Å². The molecule has 1 N–H and O–H groups in total. The van der Waals surface area contributed by atoms with Crippen molar-refractivity contribution >= 4 is 29.0 Å². The largest absolute Gasteiger partial charge is 0.360 e. The number of halogens is 1. The Kier molecular flexibility index (Phi) is 5.04. The lowest BCUT2D eigenvalue weighted by molar-refractivity contribution is -0.117. The smallest absolute Gasteiger partial charge is 0.248 e. The molecule has 2 heterocycles. The van der Waals surface area contributed by atoms with Gasteiger partial charge in [0.25, 0.3) is 0 Å². The molecule has 0 aliphatic carbocycles. The Hall–Kier alpha value is -2.01. The molecule has 1 aliphatic rings. The van der Waals surface area contributed by atoms with Crippen molar-refractivity contribution in [3.63, 3.8) is 0 Å². The Bertz CT molecular complexity index is 734. The lowest BCUT2D eigenvalue weighted by Gasteiger charge is -2.36. The molecule has 1 saturated heterocycles. The van der Waals surface area contributed by atoms with Crippen molar-refractivity contribution < 1.29 is 9.32 Å². The molecule has 1 unspecified atom stereocenters. The number of hydrogen-bond acceptors (Lipinski definition) is 4. The normalized spacial score (nSPS) is 18.2. The van der Waals surface area contributed by atoms with E-state index in [1.54, 1.807) is 6.07 Å². The molecule has 0 spiro atoms. The highest BCUT2D eigenvalue weighted by Gasteiger charge is 2.30. The average Bonchev–Trinajstić information content (AvgIpc) is 3.04. The van der Waals surface area contributed by atoms with Crippen LogP contribution >= 0.6 is 11.6 Å². The molecule has 1 aromatic carbocycles. The third kappa shape index (κ3) is 4.15. The third-order valence-electron chi connectivity index (χ3n) is 4.46. The predicted molar refractivity (Wildman–Crippen MR) is 100 cm³/mol. The second kappa shape index (κ2) is 7.08. The van der Waals surface area contributed by atoms with Gasteiger partial charge in [0.2, 0.25) is 5.91 Å². The van der Waals surface area contributed by atoms with Crippen LogP contribution in [0.2, 0.25) is 5.02 Å². The third-order valence-corrected chi connectivity index (χ3v) is 4.72. The van der Waals surface area contributed by atoms with Crippen LogP contribution in [0.3, 0.4) is 0 Å². The van der Waals surface area contributed by atoms with Gasteiger partial charge in [-0.05, 0) is 43.5 Å². The van der Waals surface area contributed by atoms with Gasteiger partial charge in [-0.25, -0.2) is 0 Å². The maximum absolute atomic E-state index is 12.8. The van der Waals surface area contributed by atoms with Gasteiger partial charge in [0.1, 0.15) is 11.8 Å². The molecule has 134 valence electrons. The summed E-state index contributed by atoms with van der Waals surface area (Å²) in [7, 11) is 0. The first-order valence-electron chi connectivity index (χ1n) is 8.65. The number of benzene rings is 1. The van der Waals surface area contributed by atoms with Crippen molar-refractivity contribution in [2.75, 3.05) is 16.8 Å². The Morgan fingerprint density at radius 3 is 2.64 bits per heavy atom. The standard InChI is InChI=1S/C19H24ClN3O2/c1-19(2,3)16-12-17(22-25-16)21-18(24)15-6-4-5-11-23(15)14-9-7-13(20)8-10-14/h7-10,12,15H,4-6,11H2,1-3H3,(H,21,22,24). The number of carbonyl (C=O) groups is 1. The van der Waals surface area contributed by atoms with Crippen LogP contribution in [0.15, 0.2) is 34.9 Å². The number of rotatable bonds is 3. The van der Waals surface area contributed by atoms with Crippen molar-refractivity contribution in [2.24, 2.45) is 0 Å². The van der Waals surface area contributed by atoms with E-state index in [-0.39, 0.29) is 17.4 Å². The van der Waals surface area contributed by atoms with E-state index in [0.29, 0.717) is 10.8 Å². The average molecular weight is 362 g/mol. The number of nitrogens with one attached hydrogen (secondary N) is 1. The first kappa shape index (κ1) is 17.8. The van der Waals surface area contributed by atoms with E-state index in [4.69, 9.17) is 16.1 Å². The highest BCUT2D eigenvalue weighted by molar-refractivity contribution is 6.30. The zero-order valence-electron chi connectivity index (χ0n) is 14.9. The number of carbonyl (C=O) groups excluding carboxylic acids is 1. The molecule has 0 saturated carbocycles. The second-order valence-corrected chi connectivity index (χ2v) is 7.93. The molecule has 5 nitrogen and oxygen atoms in total. The van der Waals surface area contributed by atoms with Crippen molar-refractivity contribution in [3.8, 4) is 0 Å². The Labute approximate surface area is 153 Å². The van der Waals surface area contributed by atoms with Gasteiger partial charge in [0, 0.05) is 28.7 Å². The van der Waals surface area contributed by atoms with Crippen LogP contribution in [0, 0.1) is 0 Å². The first-order chi connectivity index (χ1) is 11.8. The molecule has 2 aromatic rings. The minimum atomic E-state index is -0.218. The maximum atomic E-state index is 12.8. The van der Waals surface area contributed by atoms with Crippen LogP contribution in [0.25, 0.3) is 0 Å². The van der Waals surface area contributed by atoms with Crippen LogP contribution in [0.1, 0.15) is 45.8 Å². The fourth-order valence-corrected chi connectivity index (χ4v) is 3.17. The number of amides is 1. The first-order valence-corrected chi connectivity index (χ1v) is 9.03. The van der Waals surface area contributed by atoms with Gasteiger partial charge in [0.15, 0.2) is 5.82 Å². The Balaban J connectivity index is 1.74. The summed E-state index contributed by atoms with van der Waals surface area (Å²) < 4.78 is 5.35. The lowest BCUT2D eigenvalue weighted by Crippen LogP contribution is -2.47. The van der Waals surface area contributed by atoms with E-state index >= 15 is 0 Å². The number of aromatic nitrogens is 1. The van der Waals surface area contributed by atoms with Crippen molar-refractivity contribution in [1.29, 1.82) is 0 Å². The maximum Gasteiger partial charge on any atom is 0.248 e. The topological polar surface area (TPSA) is 58.4 Å². The Morgan fingerprint density at radius 2 is 2.00 bits per heavy atom. The summed E-state index contributed by atoms with van der Waals surface area (Å²) in [6.45, 7) is 6.99. The molecular weight excluding hydrogens is 338 g/mol. The van der Waals surface area contributed by atoms with E-state index in [1.807, 2.05) is 45.0 Å². The molecule has 1 aliphatic heterocycles. The SMILES string of the molecule is CC(C)(C)c1cc(NC(=O)C2CCCCN2c2ccc(Cl)cc2)no1. The molecule has 1 aromatic heterocycles. The minimum absolute atomic E-state index is 0.0524. The molecular formula is C19H24ClN3O2. The molecule has 0 bridgehead atoms. The van der Waals surface area contributed by atoms with Crippen molar-refractivity contribution in [1.82, 2.24) is 5.16 Å². The number of piperidine rings is 1. The van der Waals surface area contributed by atoms with E-state index in [9.17, 15) is 4.79 Å².